The minimum atomic E-state index is 0.608. The zero-order valence-electron chi connectivity index (χ0n) is 26.8. The first-order valence-electron chi connectivity index (χ1n) is 17.1. The summed E-state index contributed by atoms with van der Waals surface area (Å²) in [4.78, 5) is 15.0. The van der Waals surface area contributed by atoms with Crippen LogP contribution in [-0.4, -0.2) is 15.0 Å². The molecule has 3 heteroatoms. The van der Waals surface area contributed by atoms with Crippen molar-refractivity contribution in [2.45, 2.75) is 38.0 Å². The molecular weight excluding hydrogens is 583 g/mol. The van der Waals surface area contributed by atoms with E-state index in [1.165, 1.54) is 81.5 Å². The summed E-state index contributed by atoms with van der Waals surface area (Å²) >= 11 is 0. The summed E-state index contributed by atoms with van der Waals surface area (Å²) in [6.07, 6.45) is 10.7. The third-order valence-corrected chi connectivity index (χ3v) is 10.1. The third kappa shape index (κ3) is 5.03. The Morgan fingerprint density at radius 2 is 0.896 bits per heavy atom. The second kappa shape index (κ2) is 12.2. The standard InChI is InChI=1S/C45H35N3/c1-3-13-30(14-4-1)34-27-35(29-46-28-34)43-38-19-9-7-17-36(38)42(37-18-8-10-20-39(37)43)31-23-25-33(26-24-31)45-44(32-15-5-2-6-16-32)47-40-21-11-12-22-41(40)48-45/h2,5-12,15-30H,1,3-4,13-14H2. The number of rotatable bonds is 5. The number of benzene rings is 6. The maximum Gasteiger partial charge on any atom is 0.0973 e. The van der Waals surface area contributed by atoms with Crippen LogP contribution < -0.4 is 0 Å². The molecule has 0 bridgehead atoms. The quantitative estimate of drug-likeness (QED) is 0.180. The molecule has 0 N–H and O–H groups in total. The highest BCUT2D eigenvalue weighted by Gasteiger charge is 2.20. The molecule has 0 spiro atoms. The van der Waals surface area contributed by atoms with Crippen molar-refractivity contribution in [1.82, 2.24) is 15.0 Å². The van der Waals surface area contributed by atoms with Crippen LogP contribution in [0.4, 0.5) is 0 Å². The van der Waals surface area contributed by atoms with Crippen molar-refractivity contribution in [2.75, 3.05) is 0 Å². The molecule has 230 valence electrons. The number of hydrogen-bond acceptors (Lipinski definition) is 3. The van der Waals surface area contributed by atoms with Crippen LogP contribution in [0, 0.1) is 0 Å². The predicted octanol–water partition coefficient (Wildman–Crippen LogP) is 12.0. The van der Waals surface area contributed by atoms with Crippen LogP contribution in [0.3, 0.4) is 0 Å². The summed E-state index contributed by atoms with van der Waals surface area (Å²) in [6.45, 7) is 0. The number of fused-ring (bicyclic) bond motifs is 3. The first kappa shape index (κ1) is 28.5. The molecule has 8 aromatic rings. The van der Waals surface area contributed by atoms with E-state index in [0.29, 0.717) is 5.92 Å². The van der Waals surface area contributed by atoms with E-state index in [9.17, 15) is 0 Å². The van der Waals surface area contributed by atoms with Gasteiger partial charge in [-0.05, 0) is 80.8 Å². The molecule has 1 fully saturated rings. The molecule has 2 aromatic heterocycles. The van der Waals surface area contributed by atoms with Gasteiger partial charge in [-0.3, -0.25) is 4.98 Å². The molecule has 1 aliphatic rings. The highest BCUT2D eigenvalue weighted by atomic mass is 14.8. The van der Waals surface area contributed by atoms with Gasteiger partial charge in [0.2, 0.25) is 0 Å². The van der Waals surface area contributed by atoms with Crippen LogP contribution in [-0.2, 0) is 0 Å². The Hall–Kier alpha value is -5.67. The monoisotopic (exact) mass is 617 g/mol. The van der Waals surface area contributed by atoms with Crippen molar-refractivity contribution in [3.63, 3.8) is 0 Å². The Morgan fingerprint density at radius 1 is 0.417 bits per heavy atom. The Balaban J connectivity index is 1.21. The average Bonchev–Trinajstić information content (AvgIpc) is 3.17. The second-order valence-corrected chi connectivity index (χ2v) is 13.0. The van der Waals surface area contributed by atoms with E-state index in [1.54, 1.807) is 0 Å². The fourth-order valence-electron chi connectivity index (χ4n) is 7.80. The van der Waals surface area contributed by atoms with Crippen LogP contribution in [0.2, 0.25) is 0 Å². The van der Waals surface area contributed by atoms with Crippen molar-refractivity contribution in [2.24, 2.45) is 0 Å². The normalized spacial score (nSPS) is 13.8. The number of para-hydroxylation sites is 2. The predicted molar refractivity (Wildman–Crippen MR) is 200 cm³/mol. The Morgan fingerprint density at radius 3 is 1.48 bits per heavy atom. The molecule has 0 radical (unpaired) electrons. The molecule has 0 unspecified atom stereocenters. The van der Waals surface area contributed by atoms with Crippen molar-refractivity contribution in [3.05, 3.63) is 151 Å². The lowest BCUT2D eigenvalue weighted by Gasteiger charge is -2.23. The van der Waals surface area contributed by atoms with Gasteiger partial charge >= 0.3 is 0 Å². The van der Waals surface area contributed by atoms with E-state index >= 15 is 0 Å². The van der Waals surface area contributed by atoms with Gasteiger partial charge < -0.3 is 0 Å². The van der Waals surface area contributed by atoms with Gasteiger partial charge in [-0.2, -0.15) is 0 Å². The summed E-state index contributed by atoms with van der Waals surface area (Å²) in [7, 11) is 0. The van der Waals surface area contributed by atoms with Gasteiger partial charge in [0.05, 0.1) is 22.4 Å². The summed E-state index contributed by atoms with van der Waals surface area (Å²) in [5.41, 5.74) is 12.0. The minimum Gasteiger partial charge on any atom is -0.264 e. The zero-order valence-corrected chi connectivity index (χ0v) is 26.8. The van der Waals surface area contributed by atoms with Gasteiger partial charge in [0.15, 0.2) is 0 Å². The van der Waals surface area contributed by atoms with E-state index in [4.69, 9.17) is 15.0 Å². The summed E-state index contributed by atoms with van der Waals surface area (Å²) in [5.74, 6) is 0.608. The van der Waals surface area contributed by atoms with Crippen LogP contribution in [0.15, 0.2) is 146 Å². The molecule has 48 heavy (non-hydrogen) atoms. The third-order valence-electron chi connectivity index (χ3n) is 10.1. The van der Waals surface area contributed by atoms with Gasteiger partial charge in [-0.15, -0.1) is 0 Å². The minimum absolute atomic E-state index is 0.608. The van der Waals surface area contributed by atoms with Crippen LogP contribution in [0.1, 0.15) is 43.6 Å². The van der Waals surface area contributed by atoms with Crippen LogP contribution in [0.5, 0.6) is 0 Å². The molecule has 0 saturated heterocycles. The SMILES string of the molecule is c1ccc(-c2nc3ccccc3nc2-c2ccc(-c3c4ccccc4c(-c4cncc(C5CCCCC5)c4)c4ccccc34)cc2)cc1. The van der Waals surface area contributed by atoms with Crippen molar-refractivity contribution in [1.29, 1.82) is 0 Å². The lowest BCUT2D eigenvalue weighted by Crippen LogP contribution is -2.05. The highest BCUT2D eigenvalue weighted by Crippen LogP contribution is 2.45. The molecule has 0 aliphatic heterocycles. The van der Waals surface area contributed by atoms with Gasteiger partial charge in [0.1, 0.15) is 0 Å². The smallest absolute Gasteiger partial charge is 0.0973 e. The van der Waals surface area contributed by atoms with Gasteiger partial charge in [-0.1, -0.05) is 135 Å². The molecular formula is C45H35N3. The number of pyridine rings is 1. The largest absolute Gasteiger partial charge is 0.264 e. The summed E-state index contributed by atoms with van der Waals surface area (Å²) in [6, 6.07) is 47.5. The second-order valence-electron chi connectivity index (χ2n) is 13.0. The maximum absolute atomic E-state index is 5.14. The number of nitrogens with zero attached hydrogens (tertiary/aromatic N) is 3. The van der Waals surface area contributed by atoms with E-state index in [-0.39, 0.29) is 0 Å². The topological polar surface area (TPSA) is 38.7 Å². The average molecular weight is 618 g/mol. The van der Waals surface area contributed by atoms with Crippen molar-refractivity contribution < 1.29 is 0 Å². The Labute approximate surface area is 281 Å². The van der Waals surface area contributed by atoms with E-state index in [1.807, 2.05) is 30.3 Å². The van der Waals surface area contributed by atoms with E-state index < -0.39 is 0 Å². The first-order valence-corrected chi connectivity index (χ1v) is 17.1. The molecule has 3 nitrogen and oxygen atoms in total. The van der Waals surface area contributed by atoms with Gasteiger partial charge in [0, 0.05) is 29.1 Å². The van der Waals surface area contributed by atoms with E-state index in [0.717, 1.165) is 33.5 Å². The Kier molecular flexibility index (Phi) is 7.24. The highest BCUT2D eigenvalue weighted by molar-refractivity contribution is 6.21. The molecule has 1 aliphatic carbocycles. The molecule has 6 aromatic carbocycles. The van der Waals surface area contributed by atoms with E-state index in [2.05, 4.69) is 116 Å². The fourth-order valence-corrected chi connectivity index (χ4v) is 7.80. The number of aromatic nitrogens is 3. The van der Waals surface area contributed by atoms with Gasteiger partial charge in [0.25, 0.3) is 0 Å². The Bertz CT molecular complexity index is 2370. The van der Waals surface area contributed by atoms with Gasteiger partial charge in [-0.25, -0.2) is 9.97 Å². The zero-order chi connectivity index (χ0) is 31.9. The number of hydrogen-bond donors (Lipinski definition) is 0. The summed E-state index contributed by atoms with van der Waals surface area (Å²) < 4.78 is 0. The van der Waals surface area contributed by atoms with Crippen LogP contribution >= 0.6 is 0 Å². The lowest BCUT2D eigenvalue weighted by molar-refractivity contribution is 0.443. The maximum atomic E-state index is 5.14. The summed E-state index contributed by atoms with van der Waals surface area (Å²) in [5, 5.41) is 5.00. The first-order chi connectivity index (χ1) is 23.8. The van der Waals surface area contributed by atoms with Crippen molar-refractivity contribution >= 4 is 32.6 Å². The van der Waals surface area contributed by atoms with Crippen molar-refractivity contribution in [3.8, 4) is 44.8 Å². The molecule has 1 saturated carbocycles. The van der Waals surface area contributed by atoms with Crippen LogP contribution in [0.25, 0.3) is 77.3 Å². The lowest BCUT2D eigenvalue weighted by atomic mass is 9.82. The fraction of sp³-hybridized carbons (Fsp3) is 0.133. The molecule has 2 heterocycles. The molecule has 0 amide bonds. The molecule has 0 atom stereocenters. The molecule has 9 rings (SSSR count).